The number of nitrogens with zero attached hydrogens (tertiary/aromatic N) is 2. The first-order valence-electron chi connectivity index (χ1n) is 7.28. The van der Waals surface area contributed by atoms with Gasteiger partial charge in [0.05, 0.1) is 23.7 Å². The molecule has 0 aliphatic heterocycles. The second-order valence-corrected chi connectivity index (χ2v) is 6.19. The average Bonchev–Trinajstić information content (AvgIpc) is 3.19. The van der Waals surface area contributed by atoms with E-state index in [0.717, 1.165) is 5.56 Å². The molecule has 1 aliphatic carbocycles. The monoisotopic (exact) mass is 333 g/mol. The fourth-order valence-electron chi connectivity index (χ4n) is 2.34. The van der Waals surface area contributed by atoms with Crippen molar-refractivity contribution in [3.8, 4) is 0 Å². The lowest BCUT2D eigenvalue weighted by Gasteiger charge is -2.10. The number of benzene rings is 1. The Bertz CT molecular complexity index is 753. The number of amides is 1. The van der Waals surface area contributed by atoms with Crippen molar-refractivity contribution in [3.05, 3.63) is 52.8 Å². The quantitative estimate of drug-likeness (QED) is 0.848. The summed E-state index contributed by atoms with van der Waals surface area (Å²) in [5.41, 5.74) is 0.536. The van der Waals surface area contributed by atoms with Gasteiger partial charge in [-0.3, -0.25) is 14.3 Å². The van der Waals surface area contributed by atoms with Gasteiger partial charge in [0.25, 0.3) is 5.91 Å². The highest BCUT2D eigenvalue weighted by Crippen LogP contribution is 2.45. The van der Waals surface area contributed by atoms with E-state index in [0.29, 0.717) is 30.0 Å². The second-order valence-electron chi connectivity index (χ2n) is 5.79. The molecular weight excluding hydrogens is 318 g/mol. The molecule has 1 heterocycles. The number of carbonyl (C=O) groups is 2. The molecule has 7 heteroatoms. The first kappa shape index (κ1) is 15.6. The zero-order chi connectivity index (χ0) is 16.4. The van der Waals surface area contributed by atoms with Crippen LogP contribution in [-0.2, 0) is 11.3 Å². The number of rotatable bonds is 6. The molecule has 1 aromatic carbocycles. The van der Waals surface area contributed by atoms with Crippen molar-refractivity contribution < 1.29 is 14.7 Å². The molecule has 1 fully saturated rings. The van der Waals surface area contributed by atoms with E-state index in [1.807, 2.05) is 18.2 Å². The van der Waals surface area contributed by atoms with Crippen molar-refractivity contribution in [2.45, 2.75) is 19.4 Å². The standard InChI is InChI=1S/C16H16ClN3O3/c17-13-4-2-1-3-11(13)8-20-9-12(7-19-20)14(21)18-10-16(5-6-16)15(22)23/h1-4,7,9H,5-6,8,10H2,(H,18,21)(H,22,23). The summed E-state index contributed by atoms with van der Waals surface area (Å²) >= 11 is 6.10. The van der Waals surface area contributed by atoms with Gasteiger partial charge in [-0.15, -0.1) is 0 Å². The van der Waals surface area contributed by atoms with Gasteiger partial charge in [0.1, 0.15) is 0 Å². The highest BCUT2D eigenvalue weighted by atomic mass is 35.5. The molecule has 0 unspecified atom stereocenters. The van der Waals surface area contributed by atoms with Gasteiger partial charge in [-0.2, -0.15) is 5.10 Å². The molecule has 3 rings (SSSR count). The van der Waals surface area contributed by atoms with Crippen LogP contribution in [0.4, 0.5) is 0 Å². The minimum Gasteiger partial charge on any atom is -0.481 e. The molecule has 6 nitrogen and oxygen atoms in total. The van der Waals surface area contributed by atoms with E-state index in [4.69, 9.17) is 16.7 Å². The second kappa shape index (κ2) is 6.04. The zero-order valence-electron chi connectivity index (χ0n) is 12.3. The maximum absolute atomic E-state index is 12.1. The van der Waals surface area contributed by atoms with Gasteiger partial charge >= 0.3 is 5.97 Å². The number of carboxylic acid groups (broad SMARTS) is 1. The van der Waals surface area contributed by atoms with Crippen molar-refractivity contribution in [2.75, 3.05) is 6.54 Å². The maximum atomic E-state index is 12.1. The van der Waals surface area contributed by atoms with Crippen LogP contribution >= 0.6 is 11.6 Å². The Kier molecular flexibility index (Phi) is 4.09. The first-order valence-corrected chi connectivity index (χ1v) is 7.65. The van der Waals surface area contributed by atoms with E-state index in [1.54, 1.807) is 16.9 Å². The minimum atomic E-state index is -0.854. The first-order chi connectivity index (χ1) is 11.0. The highest BCUT2D eigenvalue weighted by molar-refractivity contribution is 6.31. The Hall–Kier alpha value is -2.34. The van der Waals surface area contributed by atoms with Gasteiger partial charge in [-0.05, 0) is 24.5 Å². The van der Waals surface area contributed by atoms with Crippen LogP contribution in [0, 0.1) is 5.41 Å². The molecule has 1 amide bonds. The number of hydrogen-bond donors (Lipinski definition) is 2. The summed E-state index contributed by atoms with van der Waals surface area (Å²) in [6, 6.07) is 7.44. The molecule has 2 N–H and O–H groups in total. The van der Waals surface area contributed by atoms with E-state index < -0.39 is 11.4 Å². The molecule has 120 valence electrons. The molecule has 2 aromatic rings. The van der Waals surface area contributed by atoms with Gasteiger partial charge in [-0.25, -0.2) is 0 Å². The Balaban J connectivity index is 1.61. The third-order valence-corrected chi connectivity index (χ3v) is 4.45. The maximum Gasteiger partial charge on any atom is 0.311 e. The summed E-state index contributed by atoms with van der Waals surface area (Å²) in [6.45, 7) is 0.614. The van der Waals surface area contributed by atoms with Crippen LogP contribution in [0.2, 0.25) is 5.02 Å². The Morgan fingerprint density at radius 2 is 2.09 bits per heavy atom. The van der Waals surface area contributed by atoms with Crippen molar-refractivity contribution in [3.63, 3.8) is 0 Å². The summed E-state index contributed by atoms with van der Waals surface area (Å²) in [4.78, 5) is 23.2. The van der Waals surface area contributed by atoms with E-state index in [-0.39, 0.29) is 12.5 Å². The lowest BCUT2D eigenvalue weighted by molar-refractivity contribution is -0.143. The summed E-state index contributed by atoms with van der Waals surface area (Å²) in [5, 5.41) is 16.6. The number of carbonyl (C=O) groups excluding carboxylic acids is 1. The Labute approximate surface area is 138 Å². The summed E-state index contributed by atoms with van der Waals surface area (Å²) < 4.78 is 1.63. The van der Waals surface area contributed by atoms with Crippen molar-refractivity contribution in [1.82, 2.24) is 15.1 Å². The Morgan fingerprint density at radius 1 is 1.35 bits per heavy atom. The molecular formula is C16H16ClN3O3. The van der Waals surface area contributed by atoms with Crippen LogP contribution in [0.1, 0.15) is 28.8 Å². The third-order valence-electron chi connectivity index (χ3n) is 4.08. The number of halogens is 1. The number of aliphatic carboxylic acids is 1. The fraction of sp³-hybridized carbons (Fsp3) is 0.312. The van der Waals surface area contributed by atoms with Crippen LogP contribution in [0.3, 0.4) is 0 Å². The van der Waals surface area contributed by atoms with Gasteiger partial charge in [0.2, 0.25) is 0 Å². The van der Waals surface area contributed by atoms with Crippen LogP contribution in [0.25, 0.3) is 0 Å². The SMILES string of the molecule is O=C(NCC1(C(=O)O)CC1)c1cnn(Cc2ccccc2Cl)c1. The molecule has 0 atom stereocenters. The largest absolute Gasteiger partial charge is 0.481 e. The van der Waals surface area contributed by atoms with Gasteiger partial charge in [0.15, 0.2) is 0 Å². The van der Waals surface area contributed by atoms with Gasteiger partial charge in [-0.1, -0.05) is 29.8 Å². The van der Waals surface area contributed by atoms with Crippen LogP contribution in [0.5, 0.6) is 0 Å². The van der Waals surface area contributed by atoms with E-state index in [2.05, 4.69) is 10.4 Å². The molecule has 1 saturated carbocycles. The lowest BCUT2D eigenvalue weighted by atomic mass is 10.1. The summed E-state index contributed by atoms with van der Waals surface area (Å²) in [5.74, 6) is -1.17. The number of aromatic nitrogens is 2. The van der Waals surface area contributed by atoms with Gasteiger partial charge in [0, 0.05) is 17.8 Å². The summed E-state index contributed by atoms with van der Waals surface area (Å²) in [7, 11) is 0. The van der Waals surface area contributed by atoms with E-state index in [1.165, 1.54) is 6.20 Å². The third kappa shape index (κ3) is 3.37. The van der Waals surface area contributed by atoms with Crippen LogP contribution < -0.4 is 5.32 Å². The van der Waals surface area contributed by atoms with Crippen LogP contribution in [0.15, 0.2) is 36.7 Å². The molecule has 23 heavy (non-hydrogen) atoms. The minimum absolute atomic E-state index is 0.150. The van der Waals surface area contributed by atoms with Crippen LogP contribution in [-0.4, -0.2) is 33.3 Å². The topological polar surface area (TPSA) is 84.2 Å². The van der Waals surface area contributed by atoms with Crippen molar-refractivity contribution in [2.24, 2.45) is 5.41 Å². The fourth-order valence-corrected chi connectivity index (χ4v) is 2.53. The molecule has 0 radical (unpaired) electrons. The highest BCUT2D eigenvalue weighted by Gasteiger charge is 2.50. The predicted molar refractivity (Wildman–Crippen MR) is 84.4 cm³/mol. The number of nitrogens with one attached hydrogen (secondary N) is 1. The van der Waals surface area contributed by atoms with Crippen molar-refractivity contribution >= 4 is 23.5 Å². The summed E-state index contributed by atoms with van der Waals surface area (Å²) in [6.07, 6.45) is 4.30. The smallest absolute Gasteiger partial charge is 0.311 e. The Morgan fingerprint density at radius 3 is 2.74 bits per heavy atom. The predicted octanol–water partition coefficient (Wildman–Crippen LogP) is 2.18. The number of hydrogen-bond acceptors (Lipinski definition) is 3. The molecule has 0 spiro atoms. The van der Waals surface area contributed by atoms with Gasteiger partial charge < -0.3 is 10.4 Å². The molecule has 0 bridgehead atoms. The number of carboxylic acids is 1. The molecule has 1 aliphatic rings. The van der Waals surface area contributed by atoms with E-state index in [9.17, 15) is 9.59 Å². The van der Waals surface area contributed by atoms with E-state index >= 15 is 0 Å². The molecule has 0 saturated heterocycles. The normalized spacial score (nSPS) is 15.2. The van der Waals surface area contributed by atoms with Crippen molar-refractivity contribution in [1.29, 1.82) is 0 Å². The average molecular weight is 334 g/mol. The zero-order valence-corrected chi connectivity index (χ0v) is 13.1. The molecule has 1 aromatic heterocycles. The lowest BCUT2D eigenvalue weighted by Crippen LogP contribution is -2.34.